The molecule has 0 radical (unpaired) electrons. The molecule has 0 saturated heterocycles. The fourth-order valence-corrected chi connectivity index (χ4v) is 0.787. The minimum absolute atomic E-state index is 0.250. The summed E-state index contributed by atoms with van der Waals surface area (Å²) < 4.78 is 0. The van der Waals surface area contributed by atoms with Gasteiger partial charge in [0.05, 0.1) is 12.2 Å². The van der Waals surface area contributed by atoms with Gasteiger partial charge in [0.2, 0.25) is 0 Å². The van der Waals surface area contributed by atoms with Crippen LogP contribution in [0, 0.1) is 5.53 Å². The second kappa shape index (κ2) is 8.76. The summed E-state index contributed by atoms with van der Waals surface area (Å²) in [5.74, 6) is 0. The van der Waals surface area contributed by atoms with Gasteiger partial charge in [-0.2, -0.15) is 5.11 Å². The molecular weight excluding hydrogens is 192 g/mol. The molecule has 84 valence electrons. The van der Waals surface area contributed by atoms with Crippen molar-refractivity contribution in [2.45, 2.75) is 0 Å². The number of hydrogen-bond donors (Lipinski definition) is 5. The highest BCUT2D eigenvalue weighted by Crippen LogP contribution is 1.90. The van der Waals surface area contributed by atoms with Crippen LogP contribution in [0.1, 0.15) is 0 Å². The lowest BCUT2D eigenvalue weighted by Crippen LogP contribution is -2.21. The average molecular weight is 210 g/mol. The van der Waals surface area contributed by atoms with E-state index in [-0.39, 0.29) is 6.54 Å². The highest BCUT2D eigenvalue weighted by molar-refractivity contribution is 5.05. The summed E-state index contributed by atoms with van der Waals surface area (Å²) in [6.45, 7) is 4.37. The van der Waals surface area contributed by atoms with Crippen molar-refractivity contribution in [2.24, 2.45) is 10.8 Å². The van der Waals surface area contributed by atoms with Crippen molar-refractivity contribution in [2.75, 3.05) is 20.1 Å². The molecule has 0 aromatic rings. The van der Waals surface area contributed by atoms with Gasteiger partial charge in [-0.3, -0.25) is 0 Å². The maximum absolute atomic E-state index is 6.78. The van der Waals surface area contributed by atoms with Crippen LogP contribution in [0.25, 0.3) is 0 Å². The van der Waals surface area contributed by atoms with Crippen LogP contribution in [-0.2, 0) is 0 Å². The third-order valence-electron chi connectivity index (χ3n) is 1.61. The van der Waals surface area contributed by atoms with Gasteiger partial charge >= 0.3 is 0 Å². The smallest absolute Gasteiger partial charge is 0.0915 e. The van der Waals surface area contributed by atoms with Gasteiger partial charge in [-0.05, 0) is 6.20 Å². The Labute approximate surface area is 89.8 Å². The summed E-state index contributed by atoms with van der Waals surface area (Å²) in [5.41, 5.74) is 13.6. The molecule has 0 saturated carbocycles. The number of likely N-dealkylation sites (N-methyl/N-ethyl adjacent to an activating group) is 1. The van der Waals surface area contributed by atoms with Crippen molar-refractivity contribution in [3.63, 3.8) is 0 Å². The average Bonchev–Trinajstić information content (AvgIpc) is 2.28. The molecule has 0 unspecified atom stereocenters. The van der Waals surface area contributed by atoms with Crippen LogP contribution in [0.4, 0.5) is 0 Å². The summed E-state index contributed by atoms with van der Waals surface area (Å²) in [6.07, 6.45) is 4.98. The van der Waals surface area contributed by atoms with Crippen molar-refractivity contribution < 1.29 is 0 Å². The van der Waals surface area contributed by atoms with Gasteiger partial charge in [-0.1, -0.05) is 6.58 Å². The van der Waals surface area contributed by atoms with Crippen LogP contribution >= 0.6 is 0 Å². The van der Waals surface area contributed by atoms with E-state index in [2.05, 4.69) is 27.6 Å². The molecule has 0 amide bonds. The topological polar surface area (TPSA) is 98.3 Å². The summed E-state index contributed by atoms with van der Waals surface area (Å²) in [4.78, 5) is 0. The summed E-state index contributed by atoms with van der Waals surface area (Å²) in [7, 11) is 1.82. The Balaban J connectivity index is 4.05. The van der Waals surface area contributed by atoms with Gasteiger partial charge in [-0.25, -0.2) is 5.53 Å². The van der Waals surface area contributed by atoms with Crippen molar-refractivity contribution in [3.8, 4) is 0 Å². The Morgan fingerprint density at radius 1 is 1.53 bits per heavy atom. The van der Waals surface area contributed by atoms with Crippen LogP contribution in [0.2, 0.25) is 0 Å². The first-order chi connectivity index (χ1) is 7.28. The molecule has 0 atom stereocenters. The fourth-order valence-electron chi connectivity index (χ4n) is 0.787. The Morgan fingerprint density at radius 2 is 2.27 bits per heavy atom. The van der Waals surface area contributed by atoms with E-state index in [1.54, 1.807) is 18.6 Å². The highest BCUT2D eigenvalue weighted by atomic mass is 15.0. The van der Waals surface area contributed by atoms with Gasteiger partial charge in [-0.15, -0.1) is 0 Å². The molecule has 0 spiro atoms. The standard InChI is InChI=1S/C9H18N6/c1-3-13-6-9(12-2)7-14-5-8(4-10)15-11/h3,5-6,11-14H,1,4,7,10H2,2H3/b8-5-,9-6-,15-11?. The Morgan fingerprint density at radius 3 is 2.73 bits per heavy atom. The third-order valence-corrected chi connectivity index (χ3v) is 1.61. The first-order valence-corrected chi connectivity index (χ1v) is 4.52. The zero-order valence-electron chi connectivity index (χ0n) is 8.88. The second-order valence-corrected chi connectivity index (χ2v) is 2.62. The van der Waals surface area contributed by atoms with E-state index in [0.29, 0.717) is 12.2 Å². The van der Waals surface area contributed by atoms with Crippen molar-refractivity contribution in [1.82, 2.24) is 16.0 Å². The van der Waals surface area contributed by atoms with Gasteiger partial charge in [0.1, 0.15) is 0 Å². The fraction of sp³-hybridized carbons (Fsp3) is 0.333. The zero-order valence-corrected chi connectivity index (χ0v) is 8.88. The van der Waals surface area contributed by atoms with Crippen LogP contribution < -0.4 is 21.7 Å². The highest BCUT2D eigenvalue weighted by Gasteiger charge is 1.92. The minimum Gasteiger partial charge on any atom is -0.389 e. The van der Waals surface area contributed by atoms with Crippen molar-refractivity contribution >= 4 is 0 Å². The SMILES string of the molecule is C=CN/C=C(/CN/C=C(/CN)N=N)NC. The summed E-state index contributed by atoms with van der Waals surface area (Å²) >= 11 is 0. The van der Waals surface area contributed by atoms with Crippen LogP contribution in [0.15, 0.2) is 41.7 Å². The van der Waals surface area contributed by atoms with Gasteiger partial charge < -0.3 is 21.7 Å². The molecule has 0 fully saturated rings. The molecule has 0 aliphatic rings. The normalized spacial score (nSPS) is 11.9. The predicted octanol–water partition coefficient (Wildman–Crippen LogP) is 0.201. The van der Waals surface area contributed by atoms with E-state index < -0.39 is 0 Å². The quantitative estimate of drug-likeness (QED) is 0.370. The van der Waals surface area contributed by atoms with E-state index in [1.165, 1.54) is 0 Å². The van der Waals surface area contributed by atoms with Crippen molar-refractivity contribution in [1.29, 1.82) is 5.53 Å². The zero-order chi connectivity index (χ0) is 11.5. The largest absolute Gasteiger partial charge is 0.389 e. The van der Waals surface area contributed by atoms with Crippen LogP contribution in [-0.4, -0.2) is 20.1 Å². The molecule has 0 aromatic carbocycles. The van der Waals surface area contributed by atoms with E-state index in [4.69, 9.17) is 11.3 Å². The molecule has 0 aliphatic carbocycles. The molecule has 0 aliphatic heterocycles. The van der Waals surface area contributed by atoms with Gasteiger partial charge in [0.25, 0.3) is 0 Å². The minimum atomic E-state index is 0.250. The van der Waals surface area contributed by atoms with E-state index in [1.807, 2.05) is 7.05 Å². The predicted molar refractivity (Wildman–Crippen MR) is 60.8 cm³/mol. The van der Waals surface area contributed by atoms with Gasteiger partial charge in [0.15, 0.2) is 0 Å². The molecule has 6 N–H and O–H groups in total. The number of nitrogens with two attached hydrogens (primary N) is 1. The lowest BCUT2D eigenvalue weighted by Gasteiger charge is -2.07. The van der Waals surface area contributed by atoms with Crippen LogP contribution in [0.5, 0.6) is 0 Å². The summed E-state index contributed by atoms with van der Waals surface area (Å²) in [5, 5.41) is 12.1. The number of nitrogens with one attached hydrogen (secondary N) is 4. The van der Waals surface area contributed by atoms with E-state index in [0.717, 1.165) is 5.70 Å². The first-order valence-electron chi connectivity index (χ1n) is 4.52. The molecule has 15 heavy (non-hydrogen) atoms. The molecule has 0 heterocycles. The maximum Gasteiger partial charge on any atom is 0.0915 e. The summed E-state index contributed by atoms with van der Waals surface area (Å²) in [6, 6.07) is 0. The Hall–Kier alpha value is -1.82. The lowest BCUT2D eigenvalue weighted by molar-refractivity contribution is 0.816. The third kappa shape index (κ3) is 6.28. The second-order valence-electron chi connectivity index (χ2n) is 2.62. The Kier molecular flexibility index (Phi) is 7.70. The molecule has 6 heteroatoms. The number of nitrogens with zero attached hydrogens (tertiary/aromatic N) is 1. The van der Waals surface area contributed by atoms with Gasteiger partial charge in [0, 0.05) is 31.7 Å². The van der Waals surface area contributed by atoms with E-state index >= 15 is 0 Å². The molecule has 0 rings (SSSR count). The lowest BCUT2D eigenvalue weighted by atomic mass is 10.4. The Bertz CT molecular complexity index is 255. The van der Waals surface area contributed by atoms with Crippen molar-refractivity contribution in [3.05, 3.63) is 36.6 Å². The molecule has 0 aromatic heterocycles. The van der Waals surface area contributed by atoms with Crippen LogP contribution in [0.3, 0.4) is 0 Å². The maximum atomic E-state index is 6.78. The van der Waals surface area contributed by atoms with E-state index in [9.17, 15) is 0 Å². The molecule has 6 nitrogen and oxygen atoms in total. The first kappa shape index (κ1) is 13.2. The monoisotopic (exact) mass is 210 g/mol. The number of hydrogen-bond acceptors (Lipinski definition) is 6. The molecule has 0 bridgehead atoms. The molecular formula is C9H18N6. The number of rotatable bonds is 8.